The van der Waals surface area contributed by atoms with E-state index in [1.807, 2.05) is 6.07 Å². The molecule has 156 valence electrons. The van der Waals surface area contributed by atoms with Crippen molar-refractivity contribution in [1.82, 2.24) is 19.4 Å². The Bertz CT molecular complexity index is 1190. The highest BCUT2D eigenvalue weighted by Crippen LogP contribution is 2.18. The zero-order valence-corrected chi connectivity index (χ0v) is 17.0. The van der Waals surface area contributed by atoms with E-state index in [0.717, 1.165) is 31.9 Å². The number of carbonyl (C=O) groups excluding carboxylic acids is 1. The zero-order valence-electron chi connectivity index (χ0n) is 17.0. The standard InChI is InChI=1S/C21H24N6O3/c1-3-27-17-6-4-14(12-16(17)23-20(29)21(27)30)19(28)24-18-7-5-15(13-22-18)26-10-8-25(2)9-11-26/h4-7,12-13H,3,8-11H2,1-2H3,(H,23,29)(H,22,24,28). The molecule has 2 N–H and O–H groups in total. The fraction of sp³-hybridized carbons (Fsp3) is 0.333. The molecule has 0 spiro atoms. The molecule has 0 unspecified atom stereocenters. The number of pyridine rings is 1. The second kappa shape index (κ2) is 8.11. The van der Waals surface area contributed by atoms with Crippen molar-refractivity contribution in [3.05, 3.63) is 62.8 Å². The molecule has 9 nitrogen and oxygen atoms in total. The molecule has 0 bridgehead atoms. The maximum absolute atomic E-state index is 12.7. The van der Waals surface area contributed by atoms with E-state index in [9.17, 15) is 14.4 Å². The number of piperazine rings is 1. The summed E-state index contributed by atoms with van der Waals surface area (Å²) in [6.07, 6.45) is 1.76. The first-order chi connectivity index (χ1) is 14.5. The first kappa shape index (κ1) is 19.8. The molecule has 0 atom stereocenters. The van der Waals surface area contributed by atoms with E-state index < -0.39 is 11.1 Å². The van der Waals surface area contributed by atoms with Gasteiger partial charge in [0.15, 0.2) is 0 Å². The lowest BCUT2D eigenvalue weighted by molar-refractivity contribution is 0.102. The van der Waals surface area contributed by atoms with Crippen molar-refractivity contribution in [3.8, 4) is 0 Å². The van der Waals surface area contributed by atoms with Gasteiger partial charge in [0.05, 0.1) is 22.9 Å². The van der Waals surface area contributed by atoms with Gasteiger partial charge in [0, 0.05) is 38.3 Å². The van der Waals surface area contributed by atoms with Crippen molar-refractivity contribution in [2.75, 3.05) is 43.4 Å². The number of rotatable bonds is 4. The van der Waals surface area contributed by atoms with Crippen molar-refractivity contribution in [2.24, 2.45) is 0 Å². The van der Waals surface area contributed by atoms with Crippen LogP contribution >= 0.6 is 0 Å². The normalized spacial score (nSPS) is 14.8. The van der Waals surface area contributed by atoms with E-state index in [1.165, 1.54) is 4.57 Å². The Morgan fingerprint density at radius 3 is 2.57 bits per heavy atom. The molecule has 0 saturated carbocycles. The third-order valence-corrected chi connectivity index (χ3v) is 5.41. The number of nitrogens with zero attached hydrogens (tertiary/aromatic N) is 4. The summed E-state index contributed by atoms with van der Waals surface area (Å²) in [5.41, 5.74) is 1.10. The van der Waals surface area contributed by atoms with Gasteiger partial charge in [-0.1, -0.05) is 0 Å². The second-order valence-corrected chi connectivity index (χ2v) is 7.38. The topological polar surface area (TPSA) is 103 Å². The number of aromatic amines is 1. The Hall–Kier alpha value is -3.46. The molecule has 9 heteroatoms. The molecule has 3 heterocycles. The van der Waals surface area contributed by atoms with Gasteiger partial charge < -0.3 is 24.7 Å². The Morgan fingerprint density at radius 2 is 1.90 bits per heavy atom. The van der Waals surface area contributed by atoms with Crippen molar-refractivity contribution < 1.29 is 4.79 Å². The van der Waals surface area contributed by atoms with Gasteiger partial charge >= 0.3 is 11.1 Å². The van der Waals surface area contributed by atoms with Crippen molar-refractivity contribution in [3.63, 3.8) is 0 Å². The molecule has 3 aromatic rings. The van der Waals surface area contributed by atoms with E-state index in [2.05, 4.69) is 32.1 Å². The molecule has 0 radical (unpaired) electrons. The number of likely N-dealkylation sites (N-methyl/N-ethyl adjacent to an activating group) is 1. The van der Waals surface area contributed by atoms with Gasteiger partial charge in [0.2, 0.25) is 0 Å². The zero-order chi connectivity index (χ0) is 21.3. The number of aryl methyl sites for hydroxylation is 1. The van der Waals surface area contributed by atoms with E-state index in [4.69, 9.17) is 0 Å². The van der Waals surface area contributed by atoms with Crippen molar-refractivity contribution in [2.45, 2.75) is 13.5 Å². The fourth-order valence-electron chi connectivity index (χ4n) is 3.63. The van der Waals surface area contributed by atoms with Gasteiger partial charge in [-0.2, -0.15) is 0 Å². The Labute approximate surface area is 173 Å². The van der Waals surface area contributed by atoms with Gasteiger partial charge in [-0.05, 0) is 44.3 Å². The number of aromatic nitrogens is 3. The minimum Gasteiger partial charge on any atom is -0.368 e. The van der Waals surface area contributed by atoms with E-state index in [0.29, 0.717) is 29.0 Å². The first-order valence-corrected chi connectivity index (χ1v) is 9.94. The SMILES string of the molecule is CCn1c(=O)c(=O)[nH]c2cc(C(=O)Nc3ccc(N4CCN(C)CC4)cn3)ccc21. The summed E-state index contributed by atoms with van der Waals surface area (Å²) >= 11 is 0. The molecule has 1 amide bonds. The van der Waals surface area contributed by atoms with Gasteiger partial charge in [-0.25, -0.2) is 4.98 Å². The fourth-order valence-corrected chi connectivity index (χ4v) is 3.63. The Balaban J connectivity index is 1.52. The summed E-state index contributed by atoms with van der Waals surface area (Å²) in [5.74, 6) is 0.108. The third kappa shape index (κ3) is 3.84. The Morgan fingerprint density at radius 1 is 1.13 bits per heavy atom. The van der Waals surface area contributed by atoms with Gasteiger partial charge in [0.25, 0.3) is 5.91 Å². The maximum Gasteiger partial charge on any atom is 0.316 e. The highest BCUT2D eigenvalue weighted by Gasteiger charge is 2.15. The predicted molar refractivity (Wildman–Crippen MR) is 116 cm³/mol. The summed E-state index contributed by atoms with van der Waals surface area (Å²) < 4.78 is 1.38. The lowest BCUT2D eigenvalue weighted by Crippen LogP contribution is -2.44. The molecule has 30 heavy (non-hydrogen) atoms. The lowest BCUT2D eigenvalue weighted by atomic mass is 10.1. The molecule has 1 aliphatic rings. The molecule has 2 aromatic heterocycles. The van der Waals surface area contributed by atoms with Crippen LogP contribution in [0.1, 0.15) is 17.3 Å². The monoisotopic (exact) mass is 408 g/mol. The van der Waals surface area contributed by atoms with E-state index >= 15 is 0 Å². The molecule has 1 aromatic carbocycles. The van der Waals surface area contributed by atoms with Crippen LogP contribution in [-0.2, 0) is 6.54 Å². The number of amides is 1. The second-order valence-electron chi connectivity index (χ2n) is 7.38. The van der Waals surface area contributed by atoms with Crippen LogP contribution in [0.2, 0.25) is 0 Å². The average Bonchev–Trinajstić information content (AvgIpc) is 2.75. The first-order valence-electron chi connectivity index (χ1n) is 9.94. The molecule has 1 saturated heterocycles. The van der Waals surface area contributed by atoms with Crippen LogP contribution in [0.5, 0.6) is 0 Å². The molecule has 1 aliphatic heterocycles. The number of hydrogen-bond acceptors (Lipinski definition) is 6. The molecule has 4 rings (SSSR count). The van der Waals surface area contributed by atoms with Crippen LogP contribution in [0.4, 0.5) is 11.5 Å². The van der Waals surface area contributed by atoms with E-state index in [1.54, 1.807) is 37.4 Å². The summed E-state index contributed by atoms with van der Waals surface area (Å²) in [6.45, 7) is 6.07. The summed E-state index contributed by atoms with van der Waals surface area (Å²) in [5, 5.41) is 2.78. The van der Waals surface area contributed by atoms with Gasteiger partial charge in [-0.15, -0.1) is 0 Å². The number of carbonyl (C=O) groups is 1. The lowest BCUT2D eigenvalue weighted by Gasteiger charge is -2.33. The molecular formula is C21H24N6O3. The summed E-state index contributed by atoms with van der Waals surface area (Å²) in [4.78, 5) is 47.9. The number of hydrogen-bond donors (Lipinski definition) is 2. The van der Waals surface area contributed by atoms with Crippen LogP contribution < -0.4 is 21.3 Å². The number of benzene rings is 1. The van der Waals surface area contributed by atoms with Crippen LogP contribution in [-0.4, -0.2) is 58.6 Å². The molecular weight excluding hydrogens is 384 g/mol. The predicted octanol–water partition coefficient (Wildman–Crippen LogP) is 1.11. The minimum absolute atomic E-state index is 0.341. The number of fused-ring (bicyclic) bond motifs is 1. The summed E-state index contributed by atoms with van der Waals surface area (Å²) in [6, 6.07) is 8.58. The highest BCUT2D eigenvalue weighted by molar-refractivity contribution is 6.05. The van der Waals surface area contributed by atoms with Gasteiger partial charge in [-0.3, -0.25) is 14.4 Å². The molecule has 1 fully saturated rings. The number of anilines is 2. The van der Waals surface area contributed by atoms with Crippen molar-refractivity contribution >= 4 is 28.4 Å². The van der Waals surface area contributed by atoms with Crippen LogP contribution in [0, 0.1) is 0 Å². The van der Waals surface area contributed by atoms with Crippen LogP contribution in [0.25, 0.3) is 11.0 Å². The van der Waals surface area contributed by atoms with Gasteiger partial charge in [0.1, 0.15) is 5.82 Å². The smallest absolute Gasteiger partial charge is 0.316 e. The minimum atomic E-state index is -0.705. The maximum atomic E-state index is 12.7. The van der Waals surface area contributed by atoms with Crippen LogP contribution in [0.3, 0.4) is 0 Å². The van der Waals surface area contributed by atoms with E-state index in [-0.39, 0.29) is 5.91 Å². The number of H-pyrrole nitrogens is 1. The third-order valence-electron chi connectivity index (χ3n) is 5.41. The Kier molecular flexibility index (Phi) is 5.37. The number of nitrogens with one attached hydrogen (secondary N) is 2. The van der Waals surface area contributed by atoms with Crippen LogP contribution in [0.15, 0.2) is 46.1 Å². The molecule has 0 aliphatic carbocycles. The van der Waals surface area contributed by atoms with Crippen molar-refractivity contribution in [1.29, 1.82) is 0 Å². The summed E-state index contributed by atoms with van der Waals surface area (Å²) in [7, 11) is 2.11. The quantitative estimate of drug-likeness (QED) is 0.627. The average molecular weight is 408 g/mol. The largest absolute Gasteiger partial charge is 0.368 e. The highest BCUT2D eigenvalue weighted by atomic mass is 16.2.